The molecule has 1 aromatic carbocycles. The van der Waals surface area contributed by atoms with Crippen molar-refractivity contribution in [2.45, 2.75) is 25.3 Å². The summed E-state index contributed by atoms with van der Waals surface area (Å²) in [5.74, 6) is 0.848. The lowest BCUT2D eigenvalue weighted by atomic mass is 9.84. The van der Waals surface area contributed by atoms with Gasteiger partial charge in [-0.1, -0.05) is 18.2 Å². The molecule has 20 heavy (non-hydrogen) atoms. The van der Waals surface area contributed by atoms with E-state index in [4.69, 9.17) is 0 Å². The van der Waals surface area contributed by atoms with Crippen LogP contribution in [-0.2, 0) is 11.2 Å². The summed E-state index contributed by atoms with van der Waals surface area (Å²) in [5, 5.41) is 6.39. The van der Waals surface area contributed by atoms with E-state index < -0.39 is 0 Å². The van der Waals surface area contributed by atoms with E-state index in [9.17, 15) is 4.79 Å². The number of hydrogen-bond donors (Lipinski definition) is 2. The molecule has 3 aliphatic heterocycles. The number of anilines is 1. The molecule has 1 unspecified atom stereocenters. The molecule has 3 aliphatic rings. The smallest absolute Gasteiger partial charge is 0.224 e. The number of piperidine rings is 3. The molecule has 0 saturated carbocycles. The van der Waals surface area contributed by atoms with Crippen molar-refractivity contribution in [3.63, 3.8) is 0 Å². The van der Waals surface area contributed by atoms with Crippen molar-refractivity contribution in [2.24, 2.45) is 5.92 Å². The lowest BCUT2D eigenvalue weighted by molar-refractivity contribution is -0.119. The number of fused-ring (bicyclic) bond motifs is 3. The maximum atomic E-state index is 11.6. The Morgan fingerprint density at radius 1 is 1.30 bits per heavy atom. The van der Waals surface area contributed by atoms with Crippen molar-refractivity contribution in [1.29, 1.82) is 0 Å². The van der Waals surface area contributed by atoms with Crippen LogP contribution in [0.15, 0.2) is 24.3 Å². The van der Waals surface area contributed by atoms with Crippen molar-refractivity contribution >= 4 is 11.6 Å². The minimum atomic E-state index is 0.0631. The van der Waals surface area contributed by atoms with Gasteiger partial charge in [-0.3, -0.25) is 4.79 Å². The van der Waals surface area contributed by atoms with Gasteiger partial charge in [-0.2, -0.15) is 0 Å². The Bertz CT molecular complexity index is 480. The number of carbonyl (C=O) groups is 1. The van der Waals surface area contributed by atoms with Gasteiger partial charge in [0.05, 0.1) is 6.42 Å². The molecule has 2 bridgehead atoms. The van der Waals surface area contributed by atoms with Crippen LogP contribution in [0.2, 0.25) is 0 Å². The fourth-order valence-electron chi connectivity index (χ4n) is 3.40. The molecule has 2 N–H and O–H groups in total. The normalized spacial score (nSPS) is 28.1. The number of amides is 1. The number of nitrogens with zero attached hydrogens (tertiary/aromatic N) is 1. The van der Waals surface area contributed by atoms with Crippen LogP contribution < -0.4 is 10.6 Å². The molecular formula is C16H23N3O. The van der Waals surface area contributed by atoms with Gasteiger partial charge >= 0.3 is 0 Å². The first-order valence-corrected chi connectivity index (χ1v) is 7.53. The van der Waals surface area contributed by atoms with E-state index in [0.717, 1.165) is 23.7 Å². The topological polar surface area (TPSA) is 44.4 Å². The predicted molar refractivity (Wildman–Crippen MR) is 80.8 cm³/mol. The SMILES string of the molecule is CNC(=O)Cc1ccccc1NC1CN2CCC1CC2. The summed E-state index contributed by atoms with van der Waals surface area (Å²) in [5.41, 5.74) is 2.21. The second kappa shape index (κ2) is 5.83. The molecule has 108 valence electrons. The number of rotatable bonds is 4. The molecule has 3 fully saturated rings. The van der Waals surface area contributed by atoms with Crippen LogP contribution in [0.5, 0.6) is 0 Å². The Hall–Kier alpha value is -1.55. The van der Waals surface area contributed by atoms with E-state index in [0.29, 0.717) is 12.5 Å². The average molecular weight is 273 g/mol. The van der Waals surface area contributed by atoms with E-state index >= 15 is 0 Å². The minimum absolute atomic E-state index is 0.0631. The fraction of sp³-hybridized carbons (Fsp3) is 0.562. The number of benzene rings is 1. The maximum absolute atomic E-state index is 11.6. The lowest BCUT2D eigenvalue weighted by Gasteiger charge is -2.45. The van der Waals surface area contributed by atoms with E-state index in [-0.39, 0.29) is 5.91 Å². The van der Waals surface area contributed by atoms with Crippen LogP contribution in [0.3, 0.4) is 0 Å². The highest BCUT2D eigenvalue weighted by Crippen LogP contribution is 2.30. The average Bonchev–Trinajstić information content (AvgIpc) is 2.50. The number of likely N-dealkylation sites (N-methyl/N-ethyl adjacent to an activating group) is 1. The first-order valence-electron chi connectivity index (χ1n) is 7.53. The van der Waals surface area contributed by atoms with Gasteiger partial charge in [0.15, 0.2) is 0 Å². The Labute approximate surface area is 120 Å². The van der Waals surface area contributed by atoms with E-state index in [1.807, 2.05) is 18.2 Å². The molecule has 4 heteroatoms. The largest absolute Gasteiger partial charge is 0.381 e. The van der Waals surface area contributed by atoms with Crippen LogP contribution in [0.4, 0.5) is 5.69 Å². The second-order valence-corrected chi connectivity index (χ2v) is 5.90. The van der Waals surface area contributed by atoms with Crippen molar-refractivity contribution in [3.05, 3.63) is 29.8 Å². The standard InChI is InChI=1S/C16H23N3O/c1-17-16(20)10-13-4-2-3-5-14(13)18-15-11-19-8-6-12(15)7-9-19/h2-5,12,15,18H,6-11H2,1H3,(H,17,20). The van der Waals surface area contributed by atoms with Crippen molar-refractivity contribution in [3.8, 4) is 0 Å². The first-order chi connectivity index (χ1) is 9.76. The molecule has 0 aromatic heterocycles. The molecule has 0 aliphatic carbocycles. The van der Waals surface area contributed by atoms with Gasteiger partial charge in [0.25, 0.3) is 0 Å². The summed E-state index contributed by atoms with van der Waals surface area (Å²) in [4.78, 5) is 14.1. The Balaban J connectivity index is 1.72. The van der Waals surface area contributed by atoms with Gasteiger partial charge in [0.1, 0.15) is 0 Å². The van der Waals surface area contributed by atoms with Crippen LogP contribution in [0.1, 0.15) is 18.4 Å². The minimum Gasteiger partial charge on any atom is -0.381 e. The molecule has 3 heterocycles. The summed E-state index contributed by atoms with van der Waals surface area (Å²) in [6.07, 6.45) is 3.05. The molecule has 0 spiro atoms. The highest BCUT2D eigenvalue weighted by Gasteiger charge is 2.34. The fourth-order valence-corrected chi connectivity index (χ4v) is 3.40. The third-order valence-corrected chi connectivity index (χ3v) is 4.64. The molecule has 1 amide bonds. The van der Waals surface area contributed by atoms with Crippen molar-refractivity contribution in [2.75, 3.05) is 32.0 Å². The number of hydrogen-bond acceptors (Lipinski definition) is 3. The number of para-hydroxylation sites is 1. The Morgan fingerprint density at radius 2 is 2.05 bits per heavy atom. The molecule has 1 aromatic rings. The van der Waals surface area contributed by atoms with Gasteiger partial charge in [-0.05, 0) is 43.5 Å². The monoisotopic (exact) mass is 273 g/mol. The lowest BCUT2D eigenvalue weighted by Crippen LogP contribution is -2.53. The Kier molecular flexibility index (Phi) is 3.92. The number of nitrogens with one attached hydrogen (secondary N) is 2. The highest BCUT2D eigenvalue weighted by molar-refractivity contribution is 5.80. The van der Waals surface area contributed by atoms with Gasteiger partial charge in [0, 0.05) is 25.3 Å². The molecule has 0 radical (unpaired) electrons. The predicted octanol–water partition coefficient (Wildman–Crippen LogP) is 1.48. The third-order valence-electron chi connectivity index (χ3n) is 4.64. The van der Waals surface area contributed by atoms with Gasteiger partial charge in [-0.25, -0.2) is 0 Å². The molecule has 4 nitrogen and oxygen atoms in total. The zero-order chi connectivity index (χ0) is 13.9. The van der Waals surface area contributed by atoms with E-state index in [1.165, 1.54) is 25.9 Å². The molecule has 3 saturated heterocycles. The molecule has 1 atom stereocenters. The molecular weight excluding hydrogens is 250 g/mol. The second-order valence-electron chi connectivity index (χ2n) is 5.90. The van der Waals surface area contributed by atoms with Gasteiger partial charge in [-0.15, -0.1) is 0 Å². The summed E-state index contributed by atoms with van der Waals surface area (Å²) in [6.45, 7) is 3.64. The van der Waals surface area contributed by atoms with E-state index in [2.05, 4.69) is 21.6 Å². The van der Waals surface area contributed by atoms with E-state index in [1.54, 1.807) is 7.05 Å². The first kappa shape index (κ1) is 13.4. The summed E-state index contributed by atoms with van der Waals surface area (Å²) >= 11 is 0. The summed E-state index contributed by atoms with van der Waals surface area (Å²) < 4.78 is 0. The van der Waals surface area contributed by atoms with Gasteiger partial charge < -0.3 is 15.5 Å². The van der Waals surface area contributed by atoms with Gasteiger partial charge in [0.2, 0.25) is 5.91 Å². The van der Waals surface area contributed by atoms with Crippen LogP contribution >= 0.6 is 0 Å². The van der Waals surface area contributed by atoms with Crippen LogP contribution in [-0.4, -0.2) is 43.5 Å². The summed E-state index contributed by atoms with van der Waals surface area (Å²) in [7, 11) is 1.69. The number of carbonyl (C=O) groups excluding carboxylic acids is 1. The van der Waals surface area contributed by atoms with Crippen molar-refractivity contribution < 1.29 is 4.79 Å². The van der Waals surface area contributed by atoms with Crippen molar-refractivity contribution in [1.82, 2.24) is 10.2 Å². The Morgan fingerprint density at radius 3 is 2.70 bits per heavy atom. The zero-order valence-electron chi connectivity index (χ0n) is 12.1. The maximum Gasteiger partial charge on any atom is 0.224 e. The quantitative estimate of drug-likeness (QED) is 0.873. The van der Waals surface area contributed by atoms with Crippen LogP contribution in [0, 0.1) is 5.92 Å². The zero-order valence-corrected chi connectivity index (χ0v) is 12.1. The summed E-state index contributed by atoms with van der Waals surface area (Å²) in [6, 6.07) is 8.70. The molecule has 4 rings (SSSR count). The van der Waals surface area contributed by atoms with Crippen LogP contribution in [0.25, 0.3) is 0 Å². The highest BCUT2D eigenvalue weighted by atomic mass is 16.1. The third kappa shape index (κ3) is 2.80.